The summed E-state index contributed by atoms with van der Waals surface area (Å²) in [4.78, 5) is 12.2. The summed E-state index contributed by atoms with van der Waals surface area (Å²) in [7, 11) is 1.63. The topological polar surface area (TPSA) is 149 Å². The van der Waals surface area contributed by atoms with Crippen molar-refractivity contribution in [1.82, 2.24) is 19.5 Å². The van der Waals surface area contributed by atoms with E-state index >= 15 is 0 Å². The molecule has 0 aliphatic carbocycles. The number of aliphatic hydroxyl groups is 3. The maximum atomic E-state index is 10.1. The van der Waals surface area contributed by atoms with Gasteiger partial charge in [-0.25, -0.2) is 4.98 Å². The lowest BCUT2D eigenvalue weighted by molar-refractivity contribution is -0.0511. The number of aromatic nitrogens is 4. The molecule has 0 radical (unpaired) electrons. The molecule has 2 aromatic heterocycles. The van der Waals surface area contributed by atoms with Gasteiger partial charge >= 0.3 is 0 Å². The van der Waals surface area contributed by atoms with E-state index in [-0.39, 0.29) is 11.5 Å². The Morgan fingerprint density at radius 2 is 2.18 bits per heavy atom. The van der Waals surface area contributed by atoms with E-state index in [0.717, 1.165) is 0 Å². The van der Waals surface area contributed by atoms with E-state index in [9.17, 15) is 10.2 Å². The van der Waals surface area contributed by atoms with Crippen molar-refractivity contribution in [3.63, 3.8) is 0 Å². The van der Waals surface area contributed by atoms with Gasteiger partial charge in [-0.15, -0.1) is 0 Å². The van der Waals surface area contributed by atoms with Crippen LogP contribution in [0.15, 0.2) is 6.33 Å². The number of nitrogens with zero attached hydrogens (tertiary/aromatic N) is 5. The number of ether oxygens (including phenoxy) is 1. The Morgan fingerprint density at radius 3 is 2.77 bits per heavy atom. The first kappa shape index (κ1) is 14.6. The van der Waals surface area contributed by atoms with Crippen LogP contribution in [0, 0.1) is 11.3 Å². The second kappa shape index (κ2) is 5.47. The third-order valence-electron chi connectivity index (χ3n) is 3.55. The molecule has 1 fully saturated rings. The lowest BCUT2D eigenvalue weighted by atomic mass is 10.1. The van der Waals surface area contributed by atoms with E-state index in [2.05, 4.69) is 20.3 Å². The van der Waals surface area contributed by atoms with Gasteiger partial charge < -0.3 is 25.4 Å². The predicted octanol–water partition coefficient (Wildman–Crippen LogP) is -1.65. The van der Waals surface area contributed by atoms with Gasteiger partial charge in [-0.3, -0.25) is 4.57 Å². The molecular weight excluding hydrogens is 292 g/mol. The summed E-state index contributed by atoms with van der Waals surface area (Å²) >= 11 is 0. The van der Waals surface area contributed by atoms with E-state index < -0.39 is 31.1 Å². The molecule has 116 valence electrons. The largest absolute Gasteiger partial charge is 0.394 e. The van der Waals surface area contributed by atoms with Crippen LogP contribution in [-0.4, -0.2) is 66.8 Å². The van der Waals surface area contributed by atoms with Crippen LogP contribution in [0.1, 0.15) is 12.1 Å². The molecule has 0 spiro atoms. The van der Waals surface area contributed by atoms with Gasteiger partial charge in [0.25, 0.3) is 0 Å². The minimum absolute atomic E-state index is 0.0645. The number of nitrogens with one attached hydrogen (secondary N) is 1. The fourth-order valence-electron chi connectivity index (χ4n) is 2.44. The fraction of sp³-hybridized carbons (Fsp3) is 0.500. The molecule has 1 aliphatic heterocycles. The Kier molecular flexibility index (Phi) is 3.63. The number of anilines is 1. The van der Waals surface area contributed by atoms with E-state index in [1.807, 2.05) is 6.07 Å². The lowest BCUT2D eigenvalue weighted by Crippen LogP contribution is -2.33. The molecule has 0 bridgehead atoms. The zero-order chi connectivity index (χ0) is 15.9. The van der Waals surface area contributed by atoms with E-state index in [0.29, 0.717) is 11.3 Å². The molecule has 3 unspecified atom stereocenters. The van der Waals surface area contributed by atoms with Crippen LogP contribution >= 0.6 is 0 Å². The normalized spacial score (nSPS) is 28.0. The highest BCUT2D eigenvalue weighted by Crippen LogP contribution is 2.32. The summed E-state index contributed by atoms with van der Waals surface area (Å²) < 4.78 is 6.85. The van der Waals surface area contributed by atoms with Gasteiger partial charge in [-0.2, -0.15) is 15.2 Å². The van der Waals surface area contributed by atoms with Gasteiger partial charge in [0.05, 0.1) is 12.9 Å². The number of aliphatic hydroxyl groups excluding tert-OH is 3. The van der Waals surface area contributed by atoms with E-state index in [4.69, 9.17) is 15.1 Å². The molecule has 0 saturated carbocycles. The molecule has 0 aromatic carbocycles. The van der Waals surface area contributed by atoms with Crippen molar-refractivity contribution < 1.29 is 20.1 Å². The fourth-order valence-corrected chi connectivity index (χ4v) is 2.44. The van der Waals surface area contributed by atoms with Crippen LogP contribution in [0.25, 0.3) is 11.2 Å². The molecule has 4 N–H and O–H groups in total. The van der Waals surface area contributed by atoms with Gasteiger partial charge in [-0.05, 0) is 0 Å². The molecule has 0 amide bonds. The van der Waals surface area contributed by atoms with E-state index in [1.165, 1.54) is 10.9 Å². The van der Waals surface area contributed by atoms with Gasteiger partial charge in [-0.1, -0.05) is 0 Å². The third kappa shape index (κ3) is 2.08. The van der Waals surface area contributed by atoms with Crippen molar-refractivity contribution in [3.8, 4) is 6.07 Å². The predicted molar refractivity (Wildman–Crippen MR) is 72.6 cm³/mol. The highest BCUT2D eigenvalue weighted by molar-refractivity contribution is 5.83. The van der Waals surface area contributed by atoms with Crippen LogP contribution in [0.2, 0.25) is 0 Å². The monoisotopic (exact) mass is 306 g/mol. The van der Waals surface area contributed by atoms with Crippen molar-refractivity contribution in [3.05, 3.63) is 12.2 Å². The number of imidazole rings is 1. The van der Waals surface area contributed by atoms with Crippen LogP contribution < -0.4 is 5.32 Å². The summed E-state index contributed by atoms with van der Waals surface area (Å²) in [6.45, 7) is -0.429. The van der Waals surface area contributed by atoms with Crippen LogP contribution in [0.4, 0.5) is 5.82 Å². The van der Waals surface area contributed by atoms with Gasteiger partial charge in [0, 0.05) is 7.05 Å². The molecule has 2 aromatic rings. The number of rotatable bonds is 3. The highest BCUT2D eigenvalue weighted by atomic mass is 16.6. The molecular formula is C12H14N6O4. The number of fused-ring (bicyclic) bond motifs is 1. The Balaban J connectivity index is 2.11. The zero-order valence-corrected chi connectivity index (χ0v) is 11.6. The van der Waals surface area contributed by atoms with Crippen LogP contribution in [0.3, 0.4) is 0 Å². The van der Waals surface area contributed by atoms with Crippen molar-refractivity contribution in [2.75, 3.05) is 19.0 Å². The average molecular weight is 306 g/mol. The summed E-state index contributed by atoms with van der Waals surface area (Å²) in [6.07, 6.45) is -2.98. The van der Waals surface area contributed by atoms with Gasteiger partial charge in [0.15, 0.2) is 23.2 Å². The third-order valence-corrected chi connectivity index (χ3v) is 3.55. The smallest absolute Gasteiger partial charge is 0.236 e. The molecule has 22 heavy (non-hydrogen) atoms. The second-order valence-corrected chi connectivity index (χ2v) is 4.81. The highest BCUT2D eigenvalue weighted by Gasteiger charge is 2.44. The molecule has 1 aliphatic rings. The first-order chi connectivity index (χ1) is 10.6. The molecule has 1 saturated heterocycles. The lowest BCUT2D eigenvalue weighted by Gasteiger charge is -2.16. The SMILES string of the molecule is CNc1nc(C#N)nc2c1ncn2C1O[C@H](CO)C(O)C1O. The van der Waals surface area contributed by atoms with Crippen molar-refractivity contribution in [2.45, 2.75) is 24.5 Å². The molecule has 4 atom stereocenters. The van der Waals surface area contributed by atoms with Crippen LogP contribution in [0.5, 0.6) is 0 Å². The average Bonchev–Trinajstić information content (AvgIpc) is 3.08. The number of hydrogen-bond acceptors (Lipinski definition) is 9. The zero-order valence-electron chi connectivity index (χ0n) is 11.6. The van der Waals surface area contributed by atoms with Crippen molar-refractivity contribution >= 4 is 17.0 Å². The van der Waals surface area contributed by atoms with Gasteiger partial charge in [0.2, 0.25) is 5.82 Å². The number of nitriles is 1. The Labute approximate surface area is 124 Å². The van der Waals surface area contributed by atoms with Crippen molar-refractivity contribution in [1.29, 1.82) is 5.26 Å². The minimum atomic E-state index is -1.26. The van der Waals surface area contributed by atoms with Crippen LogP contribution in [-0.2, 0) is 4.74 Å². The minimum Gasteiger partial charge on any atom is -0.394 e. The first-order valence-electron chi connectivity index (χ1n) is 6.55. The van der Waals surface area contributed by atoms with E-state index in [1.54, 1.807) is 7.05 Å². The number of hydrogen-bond donors (Lipinski definition) is 4. The summed E-state index contributed by atoms with van der Waals surface area (Å²) in [5.41, 5.74) is 0.685. The standard InChI is InChI=1S/C12H14N6O4/c1-14-10-7-11(17-6(2-13)16-10)18(4-15-7)12-9(21)8(20)5(3-19)22-12/h4-5,8-9,12,19-21H,3H2,1H3,(H,14,16,17)/t5-,8?,9?,12?/m1/s1. The first-order valence-corrected chi connectivity index (χ1v) is 6.55. The molecule has 3 rings (SSSR count). The maximum absolute atomic E-state index is 10.1. The van der Waals surface area contributed by atoms with Gasteiger partial charge in [0.1, 0.15) is 24.4 Å². The Hall–Kier alpha value is -2.32. The summed E-state index contributed by atoms with van der Waals surface area (Å²) in [5.74, 6) is 0.303. The summed E-state index contributed by atoms with van der Waals surface area (Å²) in [6, 6.07) is 1.85. The Morgan fingerprint density at radius 1 is 1.41 bits per heavy atom. The Bertz CT molecular complexity index is 741. The molecule has 10 heteroatoms. The van der Waals surface area contributed by atoms with Crippen molar-refractivity contribution in [2.24, 2.45) is 0 Å². The second-order valence-electron chi connectivity index (χ2n) is 4.81. The quantitative estimate of drug-likeness (QED) is 0.523. The summed E-state index contributed by atoms with van der Waals surface area (Å²) in [5, 5.41) is 40.9. The molecule has 3 heterocycles. The molecule has 10 nitrogen and oxygen atoms in total. The maximum Gasteiger partial charge on any atom is 0.236 e.